The molecule has 0 saturated heterocycles. The number of aromatic nitrogens is 3. The van der Waals surface area contributed by atoms with Crippen LogP contribution in [0.25, 0.3) is 5.65 Å². The van der Waals surface area contributed by atoms with Crippen molar-refractivity contribution in [1.82, 2.24) is 19.5 Å². The summed E-state index contributed by atoms with van der Waals surface area (Å²) in [4.78, 5) is 31.5. The van der Waals surface area contributed by atoms with Crippen LogP contribution in [0.5, 0.6) is 5.75 Å². The molecule has 1 atom stereocenters. The van der Waals surface area contributed by atoms with Crippen molar-refractivity contribution in [3.63, 3.8) is 0 Å². The van der Waals surface area contributed by atoms with Crippen molar-refractivity contribution < 1.29 is 23.8 Å². The zero-order valence-corrected chi connectivity index (χ0v) is 18.3. The summed E-state index contributed by atoms with van der Waals surface area (Å²) >= 11 is 0. The second kappa shape index (κ2) is 7.80. The molecule has 9 nitrogen and oxygen atoms in total. The third-order valence-electron chi connectivity index (χ3n) is 5.82. The van der Waals surface area contributed by atoms with Crippen molar-refractivity contribution in [1.29, 1.82) is 0 Å². The third-order valence-corrected chi connectivity index (χ3v) is 5.82. The third kappa shape index (κ3) is 4.13. The van der Waals surface area contributed by atoms with E-state index in [0.717, 1.165) is 12.8 Å². The normalized spacial score (nSPS) is 16.7. The van der Waals surface area contributed by atoms with Crippen molar-refractivity contribution >= 4 is 23.1 Å². The van der Waals surface area contributed by atoms with Gasteiger partial charge in [-0.2, -0.15) is 5.10 Å². The molecule has 1 aliphatic carbocycles. The Morgan fingerprint density at radius 2 is 2.18 bits per heavy atom. The van der Waals surface area contributed by atoms with Crippen LogP contribution < -0.4 is 10.1 Å². The average Bonchev–Trinajstić information content (AvgIpc) is 3.39. The summed E-state index contributed by atoms with van der Waals surface area (Å²) < 4.78 is 21.9. The molecule has 1 fully saturated rings. The van der Waals surface area contributed by atoms with Gasteiger partial charge in [-0.3, -0.25) is 9.59 Å². The summed E-state index contributed by atoms with van der Waals surface area (Å²) in [7, 11) is 0. The maximum Gasteiger partial charge on any atom is 0.261 e. The smallest absolute Gasteiger partial charge is 0.261 e. The van der Waals surface area contributed by atoms with Crippen LogP contribution in [0.2, 0.25) is 0 Å². The first-order chi connectivity index (χ1) is 15.7. The van der Waals surface area contributed by atoms with Gasteiger partial charge in [0, 0.05) is 24.5 Å². The van der Waals surface area contributed by atoms with Crippen molar-refractivity contribution in [3.05, 3.63) is 53.5 Å². The highest BCUT2D eigenvalue weighted by atomic mass is 19.1. The minimum atomic E-state index is -1.60. The van der Waals surface area contributed by atoms with E-state index in [1.807, 2.05) is 0 Å². The number of rotatable bonds is 7. The minimum Gasteiger partial charge on any atom is -0.488 e. The van der Waals surface area contributed by atoms with E-state index in [1.165, 1.54) is 29.5 Å². The summed E-state index contributed by atoms with van der Waals surface area (Å²) in [6.45, 7) is 2.69. The molecule has 2 aromatic heterocycles. The van der Waals surface area contributed by atoms with Gasteiger partial charge < -0.3 is 20.1 Å². The predicted molar refractivity (Wildman–Crippen MR) is 117 cm³/mol. The fraction of sp³-hybridized carbons (Fsp3) is 0.391. The number of hydrogen-bond acceptors (Lipinski definition) is 6. The van der Waals surface area contributed by atoms with E-state index in [9.17, 15) is 19.1 Å². The van der Waals surface area contributed by atoms with Crippen LogP contribution in [-0.4, -0.2) is 60.8 Å². The van der Waals surface area contributed by atoms with Crippen LogP contribution >= 0.6 is 0 Å². The lowest BCUT2D eigenvalue weighted by atomic mass is 10.0. The molecule has 10 heteroatoms. The van der Waals surface area contributed by atoms with E-state index in [-0.39, 0.29) is 25.1 Å². The molecule has 172 valence electrons. The van der Waals surface area contributed by atoms with Crippen molar-refractivity contribution in [2.24, 2.45) is 0 Å². The number of nitrogens with one attached hydrogen (secondary N) is 1. The van der Waals surface area contributed by atoms with Crippen LogP contribution in [0.3, 0.4) is 0 Å². The van der Waals surface area contributed by atoms with E-state index in [1.54, 1.807) is 30.6 Å². The number of aliphatic hydroxyl groups is 1. The molecule has 5 rings (SSSR count). The fourth-order valence-corrected chi connectivity index (χ4v) is 3.70. The summed E-state index contributed by atoms with van der Waals surface area (Å²) in [5.74, 6) is -0.345. The minimum absolute atomic E-state index is 0.0374. The molecule has 1 saturated carbocycles. The van der Waals surface area contributed by atoms with Gasteiger partial charge in [0.2, 0.25) is 0 Å². The maximum atomic E-state index is 14.4. The van der Waals surface area contributed by atoms with E-state index < -0.39 is 17.7 Å². The van der Waals surface area contributed by atoms with Gasteiger partial charge in [0.05, 0.1) is 30.1 Å². The Balaban J connectivity index is 1.43. The van der Waals surface area contributed by atoms with E-state index in [0.29, 0.717) is 33.8 Å². The lowest BCUT2D eigenvalue weighted by molar-refractivity contribution is -0.0159. The van der Waals surface area contributed by atoms with Gasteiger partial charge in [-0.15, -0.1) is 0 Å². The van der Waals surface area contributed by atoms with E-state index >= 15 is 0 Å². The van der Waals surface area contributed by atoms with Crippen LogP contribution in [-0.2, 0) is 6.54 Å². The van der Waals surface area contributed by atoms with Crippen LogP contribution in [0.15, 0.2) is 36.8 Å². The van der Waals surface area contributed by atoms with Gasteiger partial charge in [0.25, 0.3) is 11.8 Å². The summed E-state index contributed by atoms with van der Waals surface area (Å²) in [5.41, 5.74) is 0.648. The number of benzene rings is 1. The second-order valence-electron chi connectivity index (χ2n) is 9.03. The van der Waals surface area contributed by atoms with Gasteiger partial charge >= 0.3 is 0 Å². The van der Waals surface area contributed by atoms with E-state index in [2.05, 4.69) is 15.4 Å². The van der Waals surface area contributed by atoms with Gasteiger partial charge in [-0.1, -0.05) is 0 Å². The molecule has 1 unspecified atom stereocenters. The Hall–Kier alpha value is -3.53. The Bertz CT molecular complexity index is 1250. The largest absolute Gasteiger partial charge is 0.488 e. The quantitative estimate of drug-likeness (QED) is 0.569. The number of hydrogen-bond donors (Lipinski definition) is 2. The van der Waals surface area contributed by atoms with Crippen molar-refractivity contribution in [2.75, 3.05) is 11.9 Å². The first-order valence-corrected chi connectivity index (χ1v) is 10.8. The summed E-state index contributed by atoms with van der Waals surface area (Å²) in [6.07, 6.45) is 4.96. The Morgan fingerprint density at radius 1 is 1.39 bits per heavy atom. The molecule has 1 aliphatic heterocycles. The molecule has 2 amide bonds. The first-order valence-electron chi connectivity index (χ1n) is 10.8. The number of fused-ring (bicyclic) bond motifs is 2. The zero-order chi connectivity index (χ0) is 23.3. The van der Waals surface area contributed by atoms with Crippen LogP contribution in [0, 0.1) is 0 Å². The highest BCUT2D eigenvalue weighted by Gasteiger charge is 2.36. The fourth-order valence-electron chi connectivity index (χ4n) is 3.70. The number of anilines is 1. The highest BCUT2D eigenvalue weighted by Crippen LogP contribution is 2.38. The Labute approximate surface area is 189 Å². The molecule has 3 aromatic rings. The first kappa shape index (κ1) is 21.3. The number of alkyl halides is 1. The number of halogens is 1. The number of carbonyl (C=O) groups is 2. The molecule has 2 aliphatic rings. The maximum absolute atomic E-state index is 14.4. The summed E-state index contributed by atoms with van der Waals surface area (Å²) in [5, 5.41) is 16.9. The molecule has 1 aromatic carbocycles. The van der Waals surface area contributed by atoms with Gasteiger partial charge in [-0.05, 0) is 50.5 Å². The lowest BCUT2D eigenvalue weighted by Gasteiger charge is -2.26. The molecular weight excluding hydrogens is 429 g/mol. The standard InChI is InChI=1S/C23H24FN5O4/c1-23(2,32)19(24)12-28-11-13-8-17(18(33-14-4-5-14)9-15(13)22(28)31)27-21(30)16-10-26-29-7-3-6-25-20(16)29/h3,6-10,14,19,32H,4-5,11-12H2,1-2H3,(H,27,30). The average molecular weight is 453 g/mol. The summed E-state index contributed by atoms with van der Waals surface area (Å²) in [6, 6.07) is 5.02. The van der Waals surface area contributed by atoms with Crippen LogP contribution in [0.4, 0.5) is 10.1 Å². The number of amides is 2. The van der Waals surface area contributed by atoms with Gasteiger partial charge in [0.1, 0.15) is 17.5 Å². The second-order valence-corrected chi connectivity index (χ2v) is 9.03. The Morgan fingerprint density at radius 3 is 2.91 bits per heavy atom. The number of carbonyl (C=O) groups excluding carboxylic acids is 2. The zero-order valence-electron chi connectivity index (χ0n) is 18.3. The monoisotopic (exact) mass is 453 g/mol. The van der Waals surface area contributed by atoms with E-state index in [4.69, 9.17) is 4.74 Å². The molecule has 3 heterocycles. The number of ether oxygens (including phenoxy) is 1. The topological polar surface area (TPSA) is 109 Å². The molecule has 0 spiro atoms. The SMILES string of the molecule is CC(C)(O)C(F)CN1Cc2cc(NC(=O)c3cnn4cccnc34)c(OC3CC3)cc2C1=O. The van der Waals surface area contributed by atoms with Gasteiger partial charge in [0.15, 0.2) is 5.65 Å². The predicted octanol–water partition coefficient (Wildman–Crippen LogP) is 2.59. The molecule has 0 radical (unpaired) electrons. The Kier molecular flexibility index (Phi) is 5.04. The van der Waals surface area contributed by atoms with Crippen molar-refractivity contribution in [2.45, 2.75) is 51.1 Å². The number of nitrogens with zero attached hydrogens (tertiary/aromatic N) is 4. The highest BCUT2D eigenvalue weighted by molar-refractivity contribution is 6.09. The van der Waals surface area contributed by atoms with Crippen molar-refractivity contribution in [3.8, 4) is 5.75 Å². The van der Waals surface area contributed by atoms with Gasteiger partial charge in [-0.25, -0.2) is 13.9 Å². The molecular formula is C23H24FN5O4. The molecule has 33 heavy (non-hydrogen) atoms. The van der Waals surface area contributed by atoms with Crippen LogP contribution in [0.1, 0.15) is 53.0 Å². The molecule has 2 N–H and O–H groups in total. The lowest BCUT2D eigenvalue weighted by Crippen LogP contribution is -2.42. The molecule has 0 bridgehead atoms.